The number of rotatable bonds is 6. The van der Waals surface area contributed by atoms with E-state index >= 15 is 0 Å². The molecule has 0 N–H and O–H groups in total. The Bertz CT molecular complexity index is 1290. The SMILES string of the molecule is Cc1ccc(OC[C@H]2O[C@@H](n3ccc4ccccc4c3=O)C[C@@H]2Oc2ccc(C)cc2)cc1. The van der Waals surface area contributed by atoms with E-state index in [9.17, 15) is 4.79 Å². The number of aromatic nitrogens is 1. The molecular weight excluding hydrogens is 414 g/mol. The van der Waals surface area contributed by atoms with Crippen molar-refractivity contribution in [2.45, 2.75) is 38.7 Å². The maximum absolute atomic E-state index is 13.1. The van der Waals surface area contributed by atoms with Crippen LogP contribution in [0.3, 0.4) is 0 Å². The zero-order valence-electron chi connectivity index (χ0n) is 18.8. The van der Waals surface area contributed by atoms with Crippen LogP contribution in [0.2, 0.25) is 0 Å². The largest absolute Gasteiger partial charge is 0.491 e. The molecule has 33 heavy (non-hydrogen) atoms. The van der Waals surface area contributed by atoms with Crippen molar-refractivity contribution >= 4 is 10.8 Å². The van der Waals surface area contributed by atoms with Crippen LogP contribution < -0.4 is 15.0 Å². The Morgan fingerprint density at radius 3 is 2.27 bits per heavy atom. The summed E-state index contributed by atoms with van der Waals surface area (Å²) >= 11 is 0. The Labute approximate surface area is 193 Å². The smallest absolute Gasteiger partial charge is 0.260 e. The van der Waals surface area contributed by atoms with Gasteiger partial charge in [0.05, 0.1) is 0 Å². The molecule has 1 aromatic heterocycles. The van der Waals surface area contributed by atoms with Crippen molar-refractivity contribution in [1.29, 1.82) is 0 Å². The fraction of sp³-hybridized carbons (Fsp3) is 0.250. The third kappa shape index (κ3) is 4.64. The summed E-state index contributed by atoms with van der Waals surface area (Å²) in [6.45, 7) is 4.42. The molecule has 5 nitrogen and oxygen atoms in total. The van der Waals surface area contributed by atoms with E-state index in [0.29, 0.717) is 18.4 Å². The molecule has 1 fully saturated rings. The number of benzene rings is 3. The van der Waals surface area contributed by atoms with Crippen molar-refractivity contribution in [1.82, 2.24) is 4.57 Å². The van der Waals surface area contributed by atoms with Gasteiger partial charge in [0, 0.05) is 18.0 Å². The fourth-order valence-electron chi connectivity index (χ4n) is 4.18. The summed E-state index contributed by atoms with van der Waals surface area (Å²) < 4.78 is 20.3. The lowest BCUT2D eigenvalue weighted by Gasteiger charge is -2.20. The molecule has 1 aliphatic rings. The van der Waals surface area contributed by atoms with Crippen LogP contribution in [0.1, 0.15) is 23.8 Å². The minimum Gasteiger partial charge on any atom is -0.491 e. The minimum absolute atomic E-state index is 0.0627. The number of fused-ring (bicyclic) bond motifs is 1. The maximum atomic E-state index is 13.1. The lowest BCUT2D eigenvalue weighted by molar-refractivity contribution is -0.0365. The molecule has 1 saturated heterocycles. The van der Waals surface area contributed by atoms with Gasteiger partial charge in [-0.1, -0.05) is 53.6 Å². The van der Waals surface area contributed by atoms with Crippen molar-refractivity contribution < 1.29 is 14.2 Å². The second-order valence-corrected chi connectivity index (χ2v) is 8.57. The van der Waals surface area contributed by atoms with Crippen molar-refractivity contribution in [3.63, 3.8) is 0 Å². The predicted octanol–water partition coefficient (Wildman–Crippen LogP) is 5.43. The molecule has 0 amide bonds. The van der Waals surface area contributed by atoms with Crippen LogP contribution in [0.25, 0.3) is 10.8 Å². The molecular formula is C28H27NO4. The van der Waals surface area contributed by atoms with Gasteiger partial charge in [0.25, 0.3) is 5.56 Å². The number of hydrogen-bond acceptors (Lipinski definition) is 4. The van der Waals surface area contributed by atoms with Gasteiger partial charge in [0.1, 0.15) is 36.5 Å². The minimum atomic E-state index is -0.427. The molecule has 0 radical (unpaired) electrons. The highest BCUT2D eigenvalue weighted by Gasteiger charge is 2.39. The van der Waals surface area contributed by atoms with E-state index in [1.54, 1.807) is 4.57 Å². The van der Waals surface area contributed by atoms with Crippen LogP contribution >= 0.6 is 0 Å². The van der Waals surface area contributed by atoms with Gasteiger partial charge in [-0.2, -0.15) is 0 Å². The van der Waals surface area contributed by atoms with Gasteiger partial charge in [-0.15, -0.1) is 0 Å². The van der Waals surface area contributed by atoms with Gasteiger partial charge < -0.3 is 14.2 Å². The zero-order valence-corrected chi connectivity index (χ0v) is 18.8. The molecule has 0 spiro atoms. The first-order chi connectivity index (χ1) is 16.1. The molecule has 168 valence electrons. The third-order valence-electron chi connectivity index (χ3n) is 6.07. The zero-order chi connectivity index (χ0) is 22.8. The van der Waals surface area contributed by atoms with E-state index in [1.807, 2.05) is 98.9 Å². The van der Waals surface area contributed by atoms with Gasteiger partial charge in [-0.25, -0.2) is 0 Å². The first kappa shape index (κ1) is 21.3. The molecule has 2 heterocycles. The Kier molecular flexibility index (Phi) is 5.88. The van der Waals surface area contributed by atoms with Gasteiger partial charge in [0.15, 0.2) is 0 Å². The second kappa shape index (κ2) is 9.12. The average Bonchev–Trinajstić information content (AvgIpc) is 3.23. The molecule has 3 aromatic carbocycles. The van der Waals surface area contributed by atoms with Crippen LogP contribution in [-0.4, -0.2) is 23.4 Å². The van der Waals surface area contributed by atoms with E-state index in [0.717, 1.165) is 16.9 Å². The molecule has 0 bridgehead atoms. The Morgan fingerprint density at radius 2 is 1.55 bits per heavy atom. The summed E-state index contributed by atoms with van der Waals surface area (Å²) in [6.07, 6.45) is 1.36. The van der Waals surface area contributed by atoms with Crippen molar-refractivity contribution in [2.24, 2.45) is 0 Å². The summed E-state index contributed by atoms with van der Waals surface area (Å²) in [7, 11) is 0. The van der Waals surface area contributed by atoms with Crippen LogP contribution in [0.4, 0.5) is 0 Å². The van der Waals surface area contributed by atoms with Gasteiger partial charge >= 0.3 is 0 Å². The molecule has 0 saturated carbocycles. The lowest BCUT2D eigenvalue weighted by Crippen LogP contribution is -2.32. The molecule has 1 aliphatic heterocycles. The van der Waals surface area contributed by atoms with Crippen LogP contribution in [0, 0.1) is 13.8 Å². The number of pyridine rings is 1. The van der Waals surface area contributed by atoms with Crippen LogP contribution in [-0.2, 0) is 4.74 Å². The Hall–Kier alpha value is -3.57. The normalized spacial score (nSPS) is 20.1. The molecule has 5 heteroatoms. The third-order valence-corrected chi connectivity index (χ3v) is 6.07. The van der Waals surface area contributed by atoms with E-state index in [1.165, 1.54) is 11.1 Å². The highest BCUT2D eigenvalue weighted by molar-refractivity contribution is 5.81. The molecule has 3 atom stereocenters. The number of hydrogen-bond donors (Lipinski definition) is 0. The predicted molar refractivity (Wildman–Crippen MR) is 129 cm³/mol. The van der Waals surface area contributed by atoms with Crippen LogP contribution in [0.15, 0.2) is 89.9 Å². The number of nitrogens with zero attached hydrogens (tertiary/aromatic N) is 1. The Balaban J connectivity index is 1.39. The van der Waals surface area contributed by atoms with Crippen molar-refractivity contribution in [2.75, 3.05) is 6.61 Å². The summed E-state index contributed by atoms with van der Waals surface area (Å²) in [4.78, 5) is 13.1. The second-order valence-electron chi connectivity index (χ2n) is 8.57. The average molecular weight is 442 g/mol. The topological polar surface area (TPSA) is 49.7 Å². The first-order valence-corrected chi connectivity index (χ1v) is 11.2. The standard InChI is InChI=1S/C28H27NO4/c1-19-7-11-22(12-8-19)31-18-26-25(32-23-13-9-20(2)10-14-23)17-27(33-26)29-16-15-21-5-3-4-6-24(21)28(29)30/h3-16,25-27H,17-18H2,1-2H3/t25-,26+,27+/m0/s1. The van der Waals surface area contributed by atoms with Crippen molar-refractivity contribution in [3.8, 4) is 11.5 Å². The monoisotopic (exact) mass is 441 g/mol. The summed E-state index contributed by atoms with van der Waals surface area (Å²) in [6, 6.07) is 25.5. The van der Waals surface area contributed by atoms with Gasteiger partial charge in [-0.05, 0) is 55.6 Å². The highest BCUT2D eigenvalue weighted by Crippen LogP contribution is 2.32. The highest BCUT2D eigenvalue weighted by atomic mass is 16.6. The quantitative estimate of drug-likeness (QED) is 0.400. The molecule has 4 aromatic rings. The molecule has 0 aliphatic carbocycles. The lowest BCUT2D eigenvalue weighted by atomic mass is 10.1. The summed E-state index contributed by atoms with van der Waals surface area (Å²) in [5.41, 5.74) is 2.29. The van der Waals surface area contributed by atoms with Crippen molar-refractivity contribution in [3.05, 3.63) is 107 Å². The van der Waals surface area contributed by atoms with Gasteiger partial charge in [-0.3, -0.25) is 9.36 Å². The first-order valence-electron chi connectivity index (χ1n) is 11.2. The number of aryl methyl sites for hydroxylation is 2. The fourth-order valence-corrected chi connectivity index (χ4v) is 4.18. The van der Waals surface area contributed by atoms with E-state index in [2.05, 4.69) is 0 Å². The summed E-state index contributed by atoms with van der Waals surface area (Å²) in [5, 5.41) is 1.60. The Morgan fingerprint density at radius 1 is 0.879 bits per heavy atom. The molecule has 5 rings (SSSR count). The van der Waals surface area contributed by atoms with Gasteiger partial charge in [0.2, 0.25) is 0 Å². The van der Waals surface area contributed by atoms with E-state index in [4.69, 9.17) is 14.2 Å². The maximum Gasteiger partial charge on any atom is 0.260 e. The van der Waals surface area contributed by atoms with Crippen LogP contribution in [0.5, 0.6) is 11.5 Å². The summed E-state index contributed by atoms with van der Waals surface area (Å²) in [5.74, 6) is 1.56. The molecule has 0 unspecified atom stereocenters. The number of ether oxygens (including phenoxy) is 3. The van der Waals surface area contributed by atoms with E-state index < -0.39 is 6.23 Å². The van der Waals surface area contributed by atoms with E-state index in [-0.39, 0.29) is 17.8 Å².